The van der Waals surface area contributed by atoms with Crippen molar-refractivity contribution < 1.29 is 1.37 Å². The lowest BCUT2D eigenvalue weighted by Gasteiger charge is -2.18. The second-order valence-electron chi connectivity index (χ2n) is 11.2. The van der Waals surface area contributed by atoms with E-state index in [-0.39, 0.29) is 0 Å². The molecule has 1 heteroatoms. The summed E-state index contributed by atoms with van der Waals surface area (Å²) in [4.78, 5) is 0. The minimum absolute atomic E-state index is 0.539. The SMILES string of the molecule is [2H]c1ccc2cc(-c3c4ccccc4c(-c4ccc5sc6c(-c7ccccc7)cccc6c5c4)c4ccccc34)ccc2c1. The van der Waals surface area contributed by atoms with Gasteiger partial charge in [0.1, 0.15) is 0 Å². The lowest BCUT2D eigenvalue weighted by Crippen LogP contribution is -1.91. The molecule has 0 saturated carbocycles. The number of rotatable bonds is 3. The van der Waals surface area contributed by atoms with E-state index >= 15 is 0 Å². The molecule has 0 aliphatic carbocycles. The van der Waals surface area contributed by atoms with Crippen LogP contribution < -0.4 is 0 Å². The molecule has 200 valence electrons. The van der Waals surface area contributed by atoms with Gasteiger partial charge in [-0.2, -0.15) is 0 Å². The van der Waals surface area contributed by atoms with Gasteiger partial charge in [0.2, 0.25) is 0 Å². The van der Waals surface area contributed by atoms with E-state index in [1.165, 1.54) is 75.1 Å². The number of benzene rings is 8. The first-order valence-electron chi connectivity index (χ1n) is 15.2. The molecule has 0 aliphatic heterocycles. The highest BCUT2D eigenvalue weighted by molar-refractivity contribution is 7.26. The van der Waals surface area contributed by atoms with Crippen molar-refractivity contribution in [3.63, 3.8) is 0 Å². The number of hydrogen-bond acceptors (Lipinski definition) is 1. The summed E-state index contributed by atoms with van der Waals surface area (Å²) in [6, 6.07) is 55.2. The fourth-order valence-electron chi connectivity index (χ4n) is 6.83. The van der Waals surface area contributed by atoms with E-state index in [1.807, 2.05) is 23.5 Å². The van der Waals surface area contributed by atoms with Gasteiger partial charge in [0.15, 0.2) is 0 Å². The first-order valence-corrected chi connectivity index (χ1v) is 15.5. The van der Waals surface area contributed by atoms with Gasteiger partial charge in [-0.15, -0.1) is 11.3 Å². The van der Waals surface area contributed by atoms with Crippen molar-refractivity contribution in [1.29, 1.82) is 0 Å². The predicted octanol–water partition coefficient (Wildman–Crippen LogP) is 12.5. The number of fused-ring (bicyclic) bond motifs is 6. The zero-order valence-electron chi connectivity index (χ0n) is 24.3. The molecule has 1 heterocycles. The van der Waals surface area contributed by atoms with Crippen LogP contribution in [0.25, 0.3) is 85.9 Å². The van der Waals surface area contributed by atoms with Gasteiger partial charge in [-0.25, -0.2) is 0 Å². The molecule has 43 heavy (non-hydrogen) atoms. The summed E-state index contributed by atoms with van der Waals surface area (Å²) in [5, 5.41) is 9.88. The summed E-state index contributed by atoms with van der Waals surface area (Å²) in [6.45, 7) is 0. The molecule has 0 N–H and O–H groups in total. The molecule has 8 aromatic carbocycles. The van der Waals surface area contributed by atoms with Crippen LogP contribution in [0.5, 0.6) is 0 Å². The van der Waals surface area contributed by atoms with Crippen LogP contribution in [0, 0.1) is 0 Å². The van der Waals surface area contributed by atoms with Crippen LogP contribution in [0.15, 0.2) is 158 Å². The number of hydrogen-bond donors (Lipinski definition) is 0. The van der Waals surface area contributed by atoms with Gasteiger partial charge in [-0.1, -0.05) is 140 Å². The average Bonchev–Trinajstić information content (AvgIpc) is 3.45. The summed E-state index contributed by atoms with van der Waals surface area (Å²) >= 11 is 1.88. The van der Waals surface area contributed by atoms with Crippen molar-refractivity contribution in [1.82, 2.24) is 0 Å². The van der Waals surface area contributed by atoms with Gasteiger partial charge < -0.3 is 0 Å². The molecule has 0 fully saturated rings. The molecular formula is C42H26S. The van der Waals surface area contributed by atoms with Crippen LogP contribution in [0.2, 0.25) is 0 Å². The lowest BCUT2D eigenvalue weighted by atomic mass is 9.85. The Bertz CT molecular complexity index is 2500. The smallest absolute Gasteiger partial charge is 0.0623 e. The van der Waals surface area contributed by atoms with Crippen LogP contribution in [-0.2, 0) is 0 Å². The van der Waals surface area contributed by atoms with Crippen LogP contribution in [-0.4, -0.2) is 0 Å². The highest BCUT2D eigenvalue weighted by Gasteiger charge is 2.18. The Morgan fingerprint density at radius 3 is 1.74 bits per heavy atom. The van der Waals surface area contributed by atoms with Crippen molar-refractivity contribution in [2.24, 2.45) is 0 Å². The van der Waals surface area contributed by atoms with Crippen molar-refractivity contribution in [3.05, 3.63) is 158 Å². The third-order valence-electron chi connectivity index (χ3n) is 8.78. The first-order chi connectivity index (χ1) is 21.7. The first kappa shape index (κ1) is 23.3. The quantitative estimate of drug-likeness (QED) is 0.188. The third-order valence-corrected chi connectivity index (χ3v) is 10.00. The van der Waals surface area contributed by atoms with Crippen LogP contribution in [0.4, 0.5) is 0 Å². The second-order valence-corrected chi connectivity index (χ2v) is 12.2. The highest BCUT2D eigenvalue weighted by atomic mass is 32.1. The average molecular weight is 564 g/mol. The maximum Gasteiger partial charge on any atom is 0.0623 e. The Balaban J connectivity index is 1.32. The second kappa shape index (κ2) is 9.66. The third kappa shape index (κ3) is 3.82. The molecule has 9 aromatic rings. The van der Waals surface area contributed by atoms with Crippen molar-refractivity contribution >= 4 is 63.8 Å². The zero-order chi connectivity index (χ0) is 29.2. The van der Waals surface area contributed by atoms with Gasteiger partial charge >= 0.3 is 0 Å². The molecule has 9 rings (SSSR count). The molecule has 0 radical (unpaired) electrons. The predicted molar refractivity (Wildman–Crippen MR) is 188 cm³/mol. The van der Waals surface area contributed by atoms with Crippen molar-refractivity contribution in [2.75, 3.05) is 0 Å². The fraction of sp³-hybridized carbons (Fsp3) is 0. The fourth-order valence-corrected chi connectivity index (χ4v) is 8.05. The van der Waals surface area contributed by atoms with E-state index in [0.29, 0.717) is 6.04 Å². The minimum atomic E-state index is 0.539. The zero-order valence-corrected chi connectivity index (χ0v) is 24.2. The summed E-state index contributed by atoms with van der Waals surface area (Å²) in [5.41, 5.74) is 7.52. The number of thiophene rings is 1. The molecule has 0 nitrogen and oxygen atoms in total. The van der Waals surface area contributed by atoms with Crippen LogP contribution in [0.1, 0.15) is 1.37 Å². The van der Waals surface area contributed by atoms with Gasteiger partial charge in [0, 0.05) is 20.2 Å². The monoisotopic (exact) mass is 563 g/mol. The van der Waals surface area contributed by atoms with E-state index in [1.54, 1.807) is 0 Å². The Morgan fingerprint density at radius 1 is 0.395 bits per heavy atom. The van der Waals surface area contributed by atoms with Crippen LogP contribution in [0.3, 0.4) is 0 Å². The van der Waals surface area contributed by atoms with E-state index in [2.05, 4.69) is 140 Å². The summed E-state index contributed by atoms with van der Waals surface area (Å²) < 4.78 is 10.7. The molecule has 0 atom stereocenters. The Labute approximate surface area is 255 Å². The Kier molecular flexibility index (Phi) is 5.24. The highest BCUT2D eigenvalue weighted by Crippen LogP contribution is 2.46. The Morgan fingerprint density at radius 2 is 1.02 bits per heavy atom. The standard InChI is InChI=1S/C42H26S/c1-2-12-28(13-3-1)32-19-10-20-37-38-26-31(23-24-39(38)43-42(32)37)41-35-17-8-6-15-33(35)40(34-16-7-9-18-36(34)41)30-22-21-27-11-4-5-14-29(27)25-30/h1-26H/i4D. The molecule has 1 aromatic heterocycles. The maximum atomic E-state index is 8.05. The van der Waals surface area contributed by atoms with Gasteiger partial charge in [-0.3, -0.25) is 0 Å². The normalized spacial score (nSPS) is 12.0. The molecule has 0 amide bonds. The Hall–Kier alpha value is -5.24. The molecule has 0 saturated heterocycles. The molecule has 0 unspecified atom stereocenters. The summed E-state index contributed by atoms with van der Waals surface area (Å²) in [5.74, 6) is 0. The summed E-state index contributed by atoms with van der Waals surface area (Å²) in [7, 11) is 0. The van der Waals surface area contributed by atoms with E-state index in [9.17, 15) is 0 Å². The molecule has 0 bridgehead atoms. The van der Waals surface area contributed by atoms with Crippen molar-refractivity contribution in [2.45, 2.75) is 0 Å². The van der Waals surface area contributed by atoms with Gasteiger partial charge in [0.25, 0.3) is 0 Å². The maximum absolute atomic E-state index is 8.05. The van der Waals surface area contributed by atoms with Gasteiger partial charge in [0.05, 0.1) is 1.37 Å². The van der Waals surface area contributed by atoms with Crippen molar-refractivity contribution in [3.8, 4) is 33.4 Å². The van der Waals surface area contributed by atoms with E-state index in [4.69, 9.17) is 1.37 Å². The lowest BCUT2D eigenvalue weighted by molar-refractivity contribution is 1.67. The molecule has 0 aliphatic rings. The minimum Gasteiger partial charge on any atom is -0.135 e. The molecular weight excluding hydrogens is 537 g/mol. The molecule has 0 spiro atoms. The topological polar surface area (TPSA) is 0 Å². The largest absolute Gasteiger partial charge is 0.135 e. The van der Waals surface area contributed by atoms with Crippen LogP contribution >= 0.6 is 11.3 Å². The van der Waals surface area contributed by atoms with Gasteiger partial charge in [-0.05, 0) is 83.9 Å². The van der Waals surface area contributed by atoms with E-state index in [0.717, 1.165) is 10.8 Å². The van der Waals surface area contributed by atoms with E-state index < -0.39 is 0 Å². The summed E-state index contributed by atoms with van der Waals surface area (Å²) in [6.07, 6.45) is 0.